The van der Waals surface area contributed by atoms with Crippen LogP contribution in [0, 0.1) is 13.8 Å². The number of aryl methyl sites for hydroxylation is 2. The number of nitrogens with zero attached hydrogens (tertiary/aromatic N) is 1. The van der Waals surface area contributed by atoms with E-state index in [0.717, 1.165) is 24.0 Å². The van der Waals surface area contributed by atoms with E-state index in [1.807, 2.05) is 55.5 Å². The Morgan fingerprint density at radius 1 is 0.884 bits per heavy atom. The van der Waals surface area contributed by atoms with E-state index in [1.165, 1.54) is 4.90 Å². The average Bonchev–Trinajstić information content (AvgIpc) is 2.94. The van der Waals surface area contributed by atoms with Crippen molar-refractivity contribution in [3.8, 4) is 5.75 Å². The number of ether oxygens (including phenoxy) is 1. The number of rotatable bonds is 12. The number of unbranched alkanes of at least 4 members (excludes halogenated alkanes) is 2. The fourth-order valence-corrected chi connectivity index (χ4v) is 4.87. The zero-order chi connectivity index (χ0) is 31.6. The summed E-state index contributed by atoms with van der Waals surface area (Å²) in [5, 5.41) is 16.9. The van der Waals surface area contributed by atoms with Crippen molar-refractivity contribution in [3.05, 3.63) is 95.1 Å². The molecular weight excluding hydrogens is 542 g/mol. The largest absolute Gasteiger partial charge is 0.507 e. The van der Waals surface area contributed by atoms with E-state index in [0.29, 0.717) is 23.2 Å². The number of alkyl carbamates (subject to hydrolysis) is 1. The Balaban J connectivity index is 2.11. The number of anilines is 1. The summed E-state index contributed by atoms with van der Waals surface area (Å²) in [7, 11) is 0. The number of hydrogen-bond acceptors (Lipinski definition) is 5. The van der Waals surface area contributed by atoms with E-state index in [-0.39, 0.29) is 18.7 Å². The lowest BCUT2D eigenvalue weighted by Crippen LogP contribution is -2.53. The van der Waals surface area contributed by atoms with Crippen LogP contribution in [0.1, 0.15) is 75.3 Å². The number of nitrogens with one attached hydrogen (secondary N) is 2. The van der Waals surface area contributed by atoms with Crippen LogP contribution in [0.15, 0.2) is 72.8 Å². The molecular formula is C35H45N3O5. The fraction of sp³-hybridized carbons (Fsp3) is 0.400. The van der Waals surface area contributed by atoms with Crippen LogP contribution in [-0.2, 0) is 20.7 Å². The van der Waals surface area contributed by atoms with E-state index in [4.69, 9.17) is 4.74 Å². The molecule has 0 saturated heterocycles. The number of hydrogen-bond donors (Lipinski definition) is 3. The van der Waals surface area contributed by atoms with Gasteiger partial charge in [-0.2, -0.15) is 0 Å². The predicted octanol–water partition coefficient (Wildman–Crippen LogP) is 6.84. The number of para-hydroxylation sites is 2. The first-order chi connectivity index (χ1) is 20.4. The summed E-state index contributed by atoms with van der Waals surface area (Å²) < 4.78 is 5.51. The van der Waals surface area contributed by atoms with E-state index in [9.17, 15) is 19.5 Å². The third-order valence-corrected chi connectivity index (χ3v) is 7.08. The lowest BCUT2D eigenvalue weighted by Gasteiger charge is -2.35. The molecule has 0 aliphatic carbocycles. The van der Waals surface area contributed by atoms with Crippen LogP contribution in [0.3, 0.4) is 0 Å². The molecule has 0 heterocycles. The van der Waals surface area contributed by atoms with Crippen molar-refractivity contribution in [2.45, 2.75) is 84.9 Å². The van der Waals surface area contributed by atoms with Crippen LogP contribution < -0.4 is 10.6 Å². The Bertz CT molecular complexity index is 1380. The summed E-state index contributed by atoms with van der Waals surface area (Å²) in [6.07, 6.45) is 1.83. The second kappa shape index (κ2) is 15.2. The van der Waals surface area contributed by atoms with E-state index in [1.54, 1.807) is 52.0 Å². The highest BCUT2D eigenvalue weighted by Crippen LogP contribution is 2.34. The Morgan fingerprint density at radius 2 is 1.53 bits per heavy atom. The number of amides is 3. The molecule has 0 radical (unpaired) electrons. The third kappa shape index (κ3) is 9.60. The summed E-state index contributed by atoms with van der Waals surface area (Å²) in [6, 6.07) is 19.8. The van der Waals surface area contributed by atoms with Gasteiger partial charge >= 0.3 is 6.09 Å². The molecule has 43 heavy (non-hydrogen) atoms. The molecule has 2 unspecified atom stereocenters. The van der Waals surface area contributed by atoms with Gasteiger partial charge in [0.1, 0.15) is 23.4 Å². The van der Waals surface area contributed by atoms with Crippen molar-refractivity contribution >= 4 is 23.6 Å². The maximum absolute atomic E-state index is 14.6. The van der Waals surface area contributed by atoms with Crippen LogP contribution >= 0.6 is 0 Å². The zero-order valence-electron chi connectivity index (χ0n) is 26.1. The quantitative estimate of drug-likeness (QED) is 0.201. The topological polar surface area (TPSA) is 108 Å². The molecule has 3 N–H and O–H groups in total. The number of carbonyl (C=O) groups is 3. The van der Waals surface area contributed by atoms with E-state index >= 15 is 0 Å². The molecule has 3 amide bonds. The van der Waals surface area contributed by atoms with Crippen molar-refractivity contribution in [1.29, 1.82) is 0 Å². The van der Waals surface area contributed by atoms with Gasteiger partial charge in [0, 0.05) is 24.2 Å². The molecule has 0 spiro atoms. The lowest BCUT2D eigenvalue weighted by atomic mass is 9.97. The van der Waals surface area contributed by atoms with E-state index < -0.39 is 35.6 Å². The van der Waals surface area contributed by atoms with Crippen molar-refractivity contribution in [1.82, 2.24) is 10.2 Å². The predicted molar refractivity (Wildman–Crippen MR) is 170 cm³/mol. The Kier molecular flexibility index (Phi) is 11.8. The van der Waals surface area contributed by atoms with Gasteiger partial charge in [0.15, 0.2) is 0 Å². The van der Waals surface area contributed by atoms with Crippen molar-refractivity contribution in [3.63, 3.8) is 0 Å². The second-order valence-corrected chi connectivity index (χ2v) is 11.8. The summed E-state index contributed by atoms with van der Waals surface area (Å²) in [5.74, 6) is -0.965. The molecule has 0 fully saturated rings. The standard InChI is InChI=1S/C35H45N3O5/c1-7-8-14-22-38(33(41)29(23-26-18-10-9-11-19-26)37-34(42)43-35(4,5)6)30(27-20-15-17-25(3)31(27)39)32(40)36-28-21-13-12-16-24(28)2/h9-13,15-21,29-30,39H,7-8,14,22-23H2,1-6H3,(H,36,40)(H,37,42). The number of carbonyl (C=O) groups excluding carboxylic acids is 3. The highest BCUT2D eigenvalue weighted by Gasteiger charge is 2.37. The molecule has 0 saturated carbocycles. The van der Waals surface area contributed by atoms with Crippen LogP contribution in [0.4, 0.5) is 10.5 Å². The second-order valence-electron chi connectivity index (χ2n) is 11.8. The lowest BCUT2D eigenvalue weighted by molar-refractivity contribution is -0.141. The zero-order valence-corrected chi connectivity index (χ0v) is 26.1. The molecule has 3 aromatic rings. The fourth-order valence-electron chi connectivity index (χ4n) is 4.87. The molecule has 0 bridgehead atoms. The third-order valence-electron chi connectivity index (χ3n) is 7.08. The summed E-state index contributed by atoms with van der Waals surface area (Å²) in [4.78, 5) is 43.2. The Labute approximate surface area is 255 Å². The van der Waals surface area contributed by atoms with Crippen LogP contribution in [-0.4, -0.2) is 46.1 Å². The van der Waals surface area contributed by atoms with Gasteiger partial charge in [-0.25, -0.2) is 4.79 Å². The molecule has 8 heteroatoms. The summed E-state index contributed by atoms with van der Waals surface area (Å²) >= 11 is 0. The maximum Gasteiger partial charge on any atom is 0.408 e. The minimum Gasteiger partial charge on any atom is -0.507 e. The van der Waals surface area contributed by atoms with Crippen molar-refractivity contribution < 1.29 is 24.2 Å². The summed E-state index contributed by atoms with van der Waals surface area (Å²) in [6.45, 7) is 11.2. The van der Waals surface area contributed by atoms with Crippen molar-refractivity contribution in [2.75, 3.05) is 11.9 Å². The van der Waals surface area contributed by atoms with Gasteiger partial charge in [0.25, 0.3) is 5.91 Å². The average molecular weight is 588 g/mol. The molecule has 0 aromatic heterocycles. The number of aromatic hydroxyl groups is 1. The first kappa shape index (κ1) is 33.2. The monoisotopic (exact) mass is 587 g/mol. The highest BCUT2D eigenvalue weighted by molar-refractivity contribution is 5.99. The van der Waals surface area contributed by atoms with Crippen LogP contribution in [0.25, 0.3) is 0 Å². The number of phenolic OH excluding ortho intramolecular Hbond substituents is 1. The number of phenols is 1. The van der Waals surface area contributed by atoms with Crippen molar-refractivity contribution in [2.24, 2.45) is 0 Å². The molecule has 2 atom stereocenters. The van der Waals surface area contributed by atoms with Crippen LogP contribution in [0.2, 0.25) is 0 Å². The first-order valence-electron chi connectivity index (χ1n) is 14.9. The first-order valence-corrected chi connectivity index (χ1v) is 14.9. The van der Waals surface area contributed by atoms with Crippen LogP contribution in [0.5, 0.6) is 5.75 Å². The van der Waals surface area contributed by atoms with Gasteiger partial charge in [-0.1, -0.05) is 86.5 Å². The van der Waals surface area contributed by atoms with Gasteiger partial charge in [-0.15, -0.1) is 0 Å². The molecule has 230 valence electrons. The molecule has 3 rings (SSSR count). The molecule has 8 nitrogen and oxygen atoms in total. The number of benzene rings is 3. The molecule has 0 aliphatic rings. The maximum atomic E-state index is 14.6. The van der Waals surface area contributed by atoms with Gasteiger partial charge in [-0.05, 0) is 63.8 Å². The highest BCUT2D eigenvalue weighted by atomic mass is 16.6. The molecule has 0 aliphatic heterocycles. The van der Waals surface area contributed by atoms with Gasteiger partial charge in [-0.3, -0.25) is 9.59 Å². The Morgan fingerprint density at radius 3 is 2.19 bits per heavy atom. The SMILES string of the molecule is CCCCCN(C(=O)C(Cc1ccccc1)NC(=O)OC(C)(C)C)C(C(=O)Nc1ccccc1C)c1cccc(C)c1O. The molecule has 3 aromatic carbocycles. The minimum atomic E-state index is -1.16. The Hall–Kier alpha value is -4.33. The minimum absolute atomic E-state index is 0.0552. The van der Waals surface area contributed by atoms with Gasteiger partial charge < -0.3 is 25.4 Å². The van der Waals surface area contributed by atoms with Gasteiger partial charge in [0.05, 0.1) is 0 Å². The van der Waals surface area contributed by atoms with E-state index in [2.05, 4.69) is 17.6 Å². The smallest absolute Gasteiger partial charge is 0.408 e. The normalized spacial score (nSPS) is 12.6. The summed E-state index contributed by atoms with van der Waals surface area (Å²) in [5.41, 5.74) is 2.43. The van der Waals surface area contributed by atoms with Gasteiger partial charge in [0.2, 0.25) is 5.91 Å².